The Morgan fingerprint density at radius 1 is 1.44 bits per heavy atom. The molecule has 0 aliphatic rings. The minimum absolute atomic E-state index is 0.652. The Hall–Kier alpha value is -1.52. The number of halogens is 1. The first kappa shape index (κ1) is 12.9. The highest BCUT2D eigenvalue weighted by Gasteiger charge is 2.04. The summed E-state index contributed by atoms with van der Waals surface area (Å²) in [6.07, 6.45) is 3.67. The van der Waals surface area contributed by atoms with Gasteiger partial charge in [-0.25, -0.2) is 4.98 Å². The number of nitrogens with zero attached hydrogens (tertiary/aromatic N) is 2. The van der Waals surface area contributed by atoms with E-state index in [-0.39, 0.29) is 0 Å². The van der Waals surface area contributed by atoms with Gasteiger partial charge >= 0.3 is 0 Å². The molecule has 1 aromatic carbocycles. The second-order valence-electron chi connectivity index (χ2n) is 4.03. The lowest BCUT2D eigenvalue weighted by molar-refractivity contribution is 0.188. The molecule has 2 rings (SSSR count). The van der Waals surface area contributed by atoms with Crippen molar-refractivity contribution >= 4 is 23.2 Å². The SMILES string of the molecule is COCCn1ccnc1Nc1ccc(C)c(Cl)c1. The quantitative estimate of drug-likeness (QED) is 0.902. The van der Waals surface area contributed by atoms with Crippen LogP contribution in [0.5, 0.6) is 0 Å². The molecule has 0 atom stereocenters. The van der Waals surface area contributed by atoms with Crippen LogP contribution in [0.4, 0.5) is 11.6 Å². The molecule has 0 fully saturated rings. The monoisotopic (exact) mass is 265 g/mol. The maximum Gasteiger partial charge on any atom is 0.207 e. The molecule has 0 aliphatic carbocycles. The molecular weight excluding hydrogens is 250 g/mol. The van der Waals surface area contributed by atoms with Crippen LogP contribution >= 0.6 is 11.6 Å². The summed E-state index contributed by atoms with van der Waals surface area (Å²) in [5.74, 6) is 0.784. The zero-order valence-corrected chi connectivity index (χ0v) is 11.2. The van der Waals surface area contributed by atoms with Gasteiger partial charge in [0, 0.05) is 36.8 Å². The molecule has 1 N–H and O–H groups in total. The number of rotatable bonds is 5. The molecule has 2 aromatic rings. The smallest absolute Gasteiger partial charge is 0.207 e. The van der Waals surface area contributed by atoms with E-state index in [0.717, 1.165) is 28.8 Å². The molecule has 0 bridgehead atoms. The average molecular weight is 266 g/mol. The van der Waals surface area contributed by atoms with Crippen molar-refractivity contribution in [2.45, 2.75) is 13.5 Å². The van der Waals surface area contributed by atoms with Gasteiger partial charge in [0.15, 0.2) is 0 Å². The first-order valence-electron chi connectivity index (χ1n) is 5.74. The molecule has 0 radical (unpaired) electrons. The van der Waals surface area contributed by atoms with Crippen LogP contribution in [0.2, 0.25) is 5.02 Å². The van der Waals surface area contributed by atoms with E-state index in [2.05, 4.69) is 10.3 Å². The van der Waals surface area contributed by atoms with Crippen LogP contribution in [0.3, 0.4) is 0 Å². The first-order chi connectivity index (χ1) is 8.70. The van der Waals surface area contributed by atoms with Crippen molar-refractivity contribution in [2.24, 2.45) is 0 Å². The molecule has 0 unspecified atom stereocenters. The molecule has 96 valence electrons. The van der Waals surface area contributed by atoms with Crippen LogP contribution in [0.1, 0.15) is 5.56 Å². The minimum atomic E-state index is 0.652. The molecule has 1 heterocycles. The third kappa shape index (κ3) is 3.03. The van der Waals surface area contributed by atoms with Crippen LogP contribution < -0.4 is 5.32 Å². The third-order valence-corrected chi connectivity index (χ3v) is 3.09. The predicted octanol–water partition coefficient (Wildman–Crippen LogP) is 3.23. The Balaban J connectivity index is 2.13. The fourth-order valence-electron chi connectivity index (χ4n) is 1.60. The Morgan fingerprint density at radius 3 is 3.00 bits per heavy atom. The number of ether oxygens (including phenoxy) is 1. The van der Waals surface area contributed by atoms with Crippen LogP contribution in [0, 0.1) is 6.92 Å². The molecule has 1 aromatic heterocycles. The van der Waals surface area contributed by atoms with E-state index in [9.17, 15) is 0 Å². The summed E-state index contributed by atoms with van der Waals surface area (Å²) in [7, 11) is 1.68. The van der Waals surface area contributed by atoms with Crippen molar-refractivity contribution in [3.8, 4) is 0 Å². The van der Waals surface area contributed by atoms with E-state index in [1.54, 1.807) is 13.3 Å². The van der Waals surface area contributed by atoms with Crippen LogP contribution in [0.25, 0.3) is 0 Å². The normalized spacial score (nSPS) is 10.6. The molecule has 18 heavy (non-hydrogen) atoms. The van der Waals surface area contributed by atoms with Crippen molar-refractivity contribution in [1.29, 1.82) is 0 Å². The number of hydrogen-bond donors (Lipinski definition) is 1. The fourth-order valence-corrected chi connectivity index (χ4v) is 1.78. The van der Waals surface area contributed by atoms with Gasteiger partial charge in [-0.2, -0.15) is 0 Å². The highest BCUT2D eigenvalue weighted by Crippen LogP contribution is 2.22. The van der Waals surface area contributed by atoms with E-state index in [1.807, 2.05) is 35.9 Å². The fraction of sp³-hybridized carbons (Fsp3) is 0.308. The molecule has 4 nitrogen and oxygen atoms in total. The van der Waals surface area contributed by atoms with Crippen LogP contribution in [-0.4, -0.2) is 23.3 Å². The first-order valence-corrected chi connectivity index (χ1v) is 6.12. The number of nitrogens with one attached hydrogen (secondary N) is 1. The Kier molecular flexibility index (Phi) is 4.23. The molecule has 0 saturated carbocycles. The predicted molar refractivity (Wildman–Crippen MR) is 73.6 cm³/mol. The Morgan fingerprint density at radius 2 is 2.28 bits per heavy atom. The van der Waals surface area contributed by atoms with E-state index in [0.29, 0.717) is 6.61 Å². The average Bonchev–Trinajstić information content (AvgIpc) is 2.79. The van der Waals surface area contributed by atoms with Crippen molar-refractivity contribution < 1.29 is 4.74 Å². The topological polar surface area (TPSA) is 39.1 Å². The zero-order valence-electron chi connectivity index (χ0n) is 10.5. The molecule has 0 spiro atoms. The second-order valence-corrected chi connectivity index (χ2v) is 4.43. The summed E-state index contributed by atoms with van der Waals surface area (Å²) in [5, 5.41) is 3.99. The number of aryl methyl sites for hydroxylation is 1. The number of methoxy groups -OCH3 is 1. The lowest BCUT2D eigenvalue weighted by atomic mass is 10.2. The molecule has 0 saturated heterocycles. The zero-order chi connectivity index (χ0) is 13.0. The van der Waals surface area contributed by atoms with Gasteiger partial charge in [0.2, 0.25) is 5.95 Å². The summed E-state index contributed by atoms with van der Waals surface area (Å²) in [5.41, 5.74) is 1.99. The lowest BCUT2D eigenvalue weighted by Crippen LogP contribution is -2.07. The van der Waals surface area contributed by atoms with Crippen molar-refractivity contribution in [2.75, 3.05) is 19.0 Å². The molecule has 0 amide bonds. The highest BCUT2D eigenvalue weighted by atomic mass is 35.5. The second kappa shape index (κ2) is 5.89. The van der Waals surface area contributed by atoms with Crippen LogP contribution in [0.15, 0.2) is 30.6 Å². The third-order valence-electron chi connectivity index (χ3n) is 2.68. The largest absolute Gasteiger partial charge is 0.383 e. The van der Waals surface area contributed by atoms with Gasteiger partial charge in [0.1, 0.15) is 0 Å². The van der Waals surface area contributed by atoms with E-state index >= 15 is 0 Å². The van der Waals surface area contributed by atoms with Crippen molar-refractivity contribution in [1.82, 2.24) is 9.55 Å². The number of hydrogen-bond acceptors (Lipinski definition) is 3. The van der Waals surface area contributed by atoms with Crippen molar-refractivity contribution in [3.63, 3.8) is 0 Å². The van der Waals surface area contributed by atoms with Gasteiger partial charge in [-0.15, -0.1) is 0 Å². The summed E-state index contributed by atoms with van der Waals surface area (Å²) < 4.78 is 7.05. The minimum Gasteiger partial charge on any atom is -0.383 e. The number of benzene rings is 1. The maximum atomic E-state index is 6.09. The number of aromatic nitrogens is 2. The standard InChI is InChI=1S/C13H16ClN3O/c1-10-3-4-11(9-12(10)14)16-13-15-5-6-17(13)7-8-18-2/h3-6,9H,7-8H2,1-2H3,(H,15,16). The summed E-state index contributed by atoms with van der Waals surface area (Å²) in [6, 6.07) is 5.86. The number of anilines is 2. The Bertz CT molecular complexity index is 525. The summed E-state index contributed by atoms with van der Waals surface area (Å²) in [4.78, 5) is 4.27. The summed E-state index contributed by atoms with van der Waals surface area (Å²) >= 11 is 6.09. The van der Waals surface area contributed by atoms with E-state index in [1.165, 1.54) is 0 Å². The molecule has 0 aliphatic heterocycles. The van der Waals surface area contributed by atoms with E-state index in [4.69, 9.17) is 16.3 Å². The van der Waals surface area contributed by atoms with Gasteiger partial charge in [0.25, 0.3) is 0 Å². The number of imidazole rings is 1. The molecule has 5 heteroatoms. The summed E-state index contributed by atoms with van der Waals surface area (Å²) in [6.45, 7) is 3.39. The lowest BCUT2D eigenvalue weighted by Gasteiger charge is -2.10. The highest BCUT2D eigenvalue weighted by molar-refractivity contribution is 6.31. The maximum absolute atomic E-state index is 6.09. The molecular formula is C13H16ClN3O. The Labute approximate surface area is 112 Å². The van der Waals surface area contributed by atoms with Gasteiger partial charge in [-0.3, -0.25) is 0 Å². The van der Waals surface area contributed by atoms with E-state index < -0.39 is 0 Å². The van der Waals surface area contributed by atoms with Gasteiger partial charge in [0.05, 0.1) is 6.61 Å². The van der Waals surface area contributed by atoms with Gasteiger partial charge in [-0.1, -0.05) is 17.7 Å². The van der Waals surface area contributed by atoms with Crippen molar-refractivity contribution in [3.05, 3.63) is 41.2 Å². The van der Waals surface area contributed by atoms with Gasteiger partial charge in [-0.05, 0) is 24.6 Å². The van der Waals surface area contributed by atoms with Gasteiger partial charge < -0.3 is 14.6 Å². The van der Waals surface area contributed by atoms with Crippen LogP contribution in [-0.2, 0) is 11.3 Å².